The van der Waals surface area contributed by atoms with Gasteiger partial charge in [-0.25, -0.2) is 0 Å². The molecule has 2 atom stereocenters. The van der Waals surface area contributed by atoms with Crippen LogP contribution in [-0.2, 0) is 4.79 Å². The second kappa shape index (κ2) is 9.39. The number of carbonyl (C=O) groups excluding carboxylic acids is 2. The molecule has 6 nitrogen and oxygen atoms in total. The van der Waals surface area contributed by atoms with E-state index in [-0.39, 0.29) is 23.8 Å². The number of likely N-dealkylation sites (tertiary alicyclic amines) is 1. The van der Waals surface area contributed by atoms with Gasteiger partial charge in [0, 0.05) is 41.2 Å². The molecule has 0 bridgehead atoms. The van der Waals surface area contributed by atoms with Crippen LogP contribution in [0.3, 0.4) is 0 Å². The van der Waals surface area contributed by atoms with E-state index in [4.69, 9.17) is 21.1 Å². The Morgan fingerprint density at radius 1 is 1.07 bits per heavy atom. The summed E-state index contributed by atoms with van der Waals surface area (Å²) in [5.74, 6) is 0.527. The first-order chi connectivity index (χ1) is 14.3. The van der Waals surface area contributed by atoms with E-state index in [1.54, 1.807) is 43.4 Å². The molecule has 30 heavy (non-hydrogen) atoms. The van der Waals surface area contributed by atoms with Crippen LogP contribution >= 0.6 is 11.6 Å². The summed E-state index contributed by atoms with van der Waals surface area (Å²) in [7, 11) is 3.19. The number of halogens is 1. The Kier molecular flexibility index (Phi) is 6.87. The first-order valence-corrected chi connectivity index (χ1v) is 10.3. The molecule has 2 amide bonds. The number of ether oxygens (including phenoxy) is 2. The highest BCUT2D eigenvalue weighted by molar-refractivity contribution is 6.30. The Morgan fingerprint density at radius 3 is 2.37 bits per heavy atom. The lowest BCUT2D eigenvalue weighted by Gasteiger charge is -2.22. The number of amides is 2. The Labute approximate surface area is 182 Å². The summed E-state index contributed by atoms with van der Waals surface area (Å²) >= 11 is 5.95. The fourth-order valence-corrected chi connectivity index (χ4v) is 3.97. The van der Waals surface area contributed by atoms with Gasteiger partial charge in [-0.15, -0.1) is 0 Å². The summed E-state index contributed by atoms with van der Waals surface area (Å²) in [5, 5.41) is 3.56. The second-order valence-electron chi connectivity index (χ2n) is 7.70. The monoisotopic (exact) mass is 430 g/mol. The van der Waals surface area contributed by atoms with Gasteiger partial charge in [-0.05, 0) is 56.3 Å². The summed E-state index contributed by atoms with van der Waals surface area (Å²) in [4.78, 5) is 27.8. The van der Waals surface area contributed by atoms with Gasteiger partial charge in [0.05, 0.1) is 20.1 Å². The van der Waals surface area contributed by atoms with Crippen LogP contribution in [0, 0.1) is 5.92 Å². The molecular weight excluding hydrogens is 404 g/mol. The lowest BCUT2D eigenvalue weighted by Crippen LogP contribution is -2.39. The topological polar surface area (TPSA) is 67.9 Å². The maximum Gasteiger partial charge on any atom is 0.253 e. The van der Waals surface area contributed by atoms with Gasteiger partial charge in [0.25, 0.3) is 5.91 Å². The molecule has 0 aliphatic carbocycles. The Morgan fingerprint density at radius 2 is 1.77 bits per heavy atom. The first kappa shape index (κ1) is 22.0. The zero-order chi connectivity index (χ0) is 21.8. The number of nitrogens with zero attached hydrogens (tertiary/aromatic N) is 1. The van der Waals surface area contributed by atoms with Crippen molar-refractivity contribution in [2.45, 2.75) is 25.8 Å². The summed E-state index contributed by atoms with van der Waals surface area (Å²) in [6.45, 7) is 4.57. The van der Waals surface area contributed by atoms with Gasteiger partial charge in [-0.2, -0.15) is 0 Å². The van der Waals surface area contributed by atoms with Crippen molar-refractivity contribution in [2.75, 3.05) is 27.3 Å². The fourth-order valence-electron chi connectivity index (χ4n) is 3.85. The fraction of sp³-hybridized carbons (Fsp3) is 0.391. The third-order valence-electron chi connectivity index (χ3n) is 5.30. The van der Waals surface area contributed by atoms with Crippen LogP contribution in [0.2, 0.25) is 5.02 Å². The standard InChI is InChI=1S/C23H27ClN2O4/c1-14(2)25-22(27)20-13-26(23(28)15-5-7-16(24)8-6-15)12-19(20)18-11-17(29-3)9-10-21(18)30-4/h5-11,14,19-20H,12-13H2,1-4H3,(H,25,27). The van der Waals surface area contributed by atoms with Gasteiger partial charge in [0.2, 0.25) is 5.91 Å². The van der Waals surface area contributed by atoms with Crippen molar-refractivity contribution in [2.24, 2.45) is 5.92 Å². The summed E-state index contributed by atoms with van der Waals surface area (Å²) in [6.07, 6.45) is 0. The molecule has 1 N–H and O–H groups in total. The zero-order valence-electron chi connectivity index (χ0n) is 17.6. The average molecular weight is 431 g/mol. The highest BCUT2D eigenvalue weighted by atomic mass is 35.5. The van der Waals surface area contributed by atoms with Crippen LogP contribution in [0.4, 0.5) is 0 Å². The van der Waals surface area contributed by atoms with E-state index in [1.165, 1.54) is 0 Å². The molecule has 1 heterocycles. The van der Waals surface area contributed by atoms with Gasteiger partial charge in [0.1, 0.15) is 11.5 Å². The van der Waals surface area contributed by atoms with Gasteiger partial charge >= 0.3 is 0 Å². The Balaban J connectivity index is 1.96. The molecule has 1 aliphatic rings. The molecular formula is C23H27ClN2O4. The van der Waals surface area contributed by atoms with E-state index in [1.807, 2.05) is 32.0 Å². The van der Waals surface area contributed by atoms with Gasteiger partial charge in [-0.3, -0.25) is 9.59 Å². The van der Waals surface area contributed by atoms with E-state index in [0.717, 1.165) is 5.56 Å². The van der Waals surface area contributed by atoms with E-state index >= 15 is 0 Å². The third-order valence-corrected chi connectivity index (χ3v) is 5.55. The van der Waals surface area contributed by atoms with Crippen molar-refractivity contribution < 1.29 is 19.1 Å². The highest BCUT2D eigenvalue weighted by Gasteiger charge is 2.42. The SMILES string of the molecule is COc1ccc(OC)c(C2CN(C(=O)c3ccc(Cl)cc3)CC2C(=O)NC(C)C)c1. The number of methoxy groups -OCH3 is 2. The number of hydrogen-bond donors (Lipinski definition) is 1. The van der Waals surface area contributed by atoms with Crippen LogP contribution in [-0.4, -0.2) is 50.1 Å². The Hall–Kier alpha value is -2.73. The van der Waals surface area contributed by atoms with Crippen LogP contribution < -0.4 is 14.8 Å². The number of carbonyl (C=O) groups is 2. The highest BCUT2D eigenvalue weighted by Crippen LogP contribution is 2.40. The summed E-state index contributed by atoms with van der Waals surface area (Å²) in [6, 6.07) is 12.3. The van der Waals surface area contributed by atoms with Crippen molar-refractivity contribution in [1.82, 2.24) is 10.2 Å². The van der Waals surface area contributed by atoms with Gasteiger partial charge in [0.15, 0.2) is 0 Å². The van der Waals surface area contributed by atoms with Crippen LogP contribution in [0.15, 0.2) is 42.5 Å². The van der Waals surface area contributed by atoms with Crippen LogP contribution in [0.25, 0.3) is 0 Å². The number of hydrogen-bond acceptors (Lipinski definition) is 4. The quantitative estimate of drug-likeness (QED) is 0.758. The number of rotatable bonds is 6. The van der Waals surface area contributed by atoms with Crippen LogP contribution in [0.5, 0.6) is 11.5 Å². The predicted octanol–water partition coefficient (Wildman–Crippen LogP) is 3.74. The van der Waals surface area contributed by atoms with E-state index in [9.17, 15) is 9.59 Å². The molecule has 3 rings (SSSR count). The van der Waals surface area contributed by atoms with Crippen LogP contribution in [0.1, 0.15) is 35.7 Å². The van der Waals surface area contributed by atoms with Crippen molar-refractivity contribution in [3.05, 3.63) is 58.6 Å². The van der Waals surface area contributed by atoms with Crippen molar-refractivity contribution in [1.29, 1.82) is 0 Å². The molecule has 2 aromatic carbocycles. The normalized spacial score (nSPS) is 18.4. The second-order valence-corrected chi connectivity index (χ2v) is 8.14. The minimum atomic E-state index is -0.398. The minimum absolute atomic E-state index is 0.00590. The number of nitrogens with one attached hydrogen (secondary N) is 1. The lowest BCUT2D eigenvalue weighted by atomic mass is 9.87. The van der Waals surface area contributed by atoms with Crippen molar-refractivity contribution in [3.8, 4) is 11.5 Å². The van der Waals surface area contributed by atoms with Gasteiger partial charge < -0.3 is 19.7 Å². The smallest absolute Gasteiger partial charge is 0.253 e. The molecule has 1 saturated heterocycles. The zero-order valence-corrected chi connectivity index (χ0v) is 18.4. The molecule has 1 aliphatic heterocycles. The third kappa shape index (κ3) is 4.70. The van der Waals surface area contributed by atoms with Crippen molar-refractivity contribution >= 4 is 23.4 Å². The van der Waals surface area contributed by atoms with E-state index in [2.05, 4.69) is 5.32 Å². The molecule has 0 saturated carbocycles. The lowest BCUT2D eigenvalue weighted by molar-refractivity contribution is -0.125. The maximum atomic E-state index is 13.1. The molecule has 0 spiro atoms. The van der Waals surface area contributed by atoms with E-state index in [0.29, 0.717) is 35.2 Å². The average Bonchev–Trinajstić information content (AvgIpc) is 3.18. The molecule has 0 radical (unpaired) electrons. The molecule has 160 valence electrons. The van der Waals surface area contributed by atoms with Crippen molar-refractivity contribution in [3.63, 3.8) is 0 Å². The first-order valence-electron chi connectivity index (χ1n) is 9.91. The molecule has 1 fully saturated rings. The Bertz CT molecular complexity index is 914. The molecule has 7 heteroatoms. The van der Waals surface area contributed by atoms with Gasteiger partial charge in [-0.1, -0.05) is 11.6 Å². The maximum absolute atomic E-state index is 13.1. The largest absolute Gasteiger partial charge is 0.497 e. The predicted molar refractivity (Wildman–Crippen MR) is 116 cm³/mol. The summed E-state index contributed by atoms with van der Waals surface area (Å²) in [5.41, 5.74) is 1.40. The molecule has 0 aromatic heterocycles. The van der Waals surface area contributed by atoms with E-state index < -0.39 is 5.92 Å². The summed E-state index contributed by atoms with van der Waals surface area (Å²) < 4.78 is 10.9. The minimum Gasteiger partial charge on any atom is -0.497 e. The molecule has 2 unspecified atom stereocenters. The number of benzene rings is 2. The molecule has 2 aromatic rings.